The Morgan fingerprint density at radius 2 is 1.96 bits per heavy atom. The fourth-order valence-corrected chi connectivity index (χ4v) is 1.97. The van der Waals surface area contributed by atoms with Gasteiger partial charge in [0.05, 0.1) is 10.6 Å². The summed E-state index contributed by atoms with van der Waals surface area (Å²) in [5, 5.41) is 23.5. The van der Waals surface area contributed by atoms with Gasteiger partial charge in [0.1, 0.15) is 5.75 Å². The Kier molecular flexibility index (Phi) is 4.70. The number of benzene rings is 2. The van der Waals surface area contributed by atoms with E-state index in [1.807, 2.05) is 0 Å². The van der Waals surface area contributed by atoms with Gasteiger partial charge < -0.3 is 10.4 Å². The minimum absolute atomic E-state index is 0.0470. The molecule has 0 aliphatic carbocycles. The minimum Gasteiger partial charge on any atom is -0.507 e. The molecule has 0 unspecified atom stereocenters. The van der Waals surface area contributed by atoms with E-state index in [4.69, 9.17) is 0 Å². The van der Waals surface area contributed by atoms with Crippen molar-refractivity contribution in [1.29, 1.82) is 0 Å². The Morgan fingerprint density at radius 3 is 2.52 bits per heavy atom. The molecule has 2 N–H and O–H groups in total. The van der Waals surface area contributed by atoms with E-state index in [1.165, 1.54) is 25.3 Å². The summed E-state index contributed by atoms with van der Waals surface area (Å²) in [6.45, 7) is 3.00. The van der Waals surface area contributed by atoms with Gasteiger partial charge in [-0.3, -0.25) is 19.9 Å². The molecule has 0 aliphatic heterocycles. The number of hydrogen-bond donors (Lipinski definition) is 2. The minimum atomic E-state index is -0.522. The second kappa shape index (κ2) is 6.69. The Labute approximate surface area is 132 Å². The molecular formula is C16H15N3O4. The van der Waals surface area contributed by atoms with E-state index >= 15 is 0 Å². The second-order valence-corrected chi connectivity index (χ2v) is 4.94. The number of aliphatic imine (C=N–C) groups is 1. The van der Waals surface area contributed by atoms with Crippen LogP contribution < -0.4 is 5.32 Å². The molecule has 0 aliphatic rings. The van der Waals surface area contributed by atoms with Crippen LogP contribution in [0.15, 0.2) is 41.4 Å². The maximum atomic E-state index is 10.9. The highest BCUT2D eigenvalue weighted by Crippen LogP contribution is 2.27. The topological polar surface area (TPSA) is 105 Å². The van der Waals surface area contributed by atoms with Gasteiger partial charge in [-0.05, 0) is 36.8 Å². The summed E-state index contributed by atoms with van der Waals surface area (Å²) >= 11 is 0. The van der Waals surface area contributed by atoms with Gasteiger partial charge in [-0.1, -0.05) is 0 Å². The maximum Gasteiger partial charge on any atom is 0.270 e. The summed E-state index contributed by atoms with van der Waals surface area (Å²) in [6, 6.07) is 9.30. The van der Waals surface area contributed by atoms with Crippen molar-refractivity contribution >= 4 is 29.2 Å². The molecular weight excluding hydrogens is 298 g/mol. The number of carbonyl (C=O) groups is 1. The number of carbonyl (C=O) groups excluding carboxylic acids is 1. The van der Waals surface area contributed by atoms with Crippen molar-refractivity contribution in [3.63, 3.8) is 0 Å². The molecule has 23 heavy (non-hydrogen) atoms. The zero-order chi connectivity index (χ0) is 17.0. The quantitative estimate of drug-likeness (QED) is 0.513. The SMILES string of the molecule is CC(=O)Nc1ccc(N=Cc2cc([N+](=O)[O-])cc(C)c2O)cc1. The number of rotatable bonds is 4. The third-order valence-corrected chi connectivity index (χ3v) is 3.07. The molecule has 0 saturated heterocycles. The lowest BCUT2D eigenvalue weighted by Gasteiger charge is -2.04. The fraction of sp³-hybridized carbons (Fsp3) is 0.125. The molecule has 0 bridgehead atoms. The van der Waals surface area contributed by atoms with Gasteiger partial charge in [0.15, 0.2) is 0 Å². The molecule has 0 heterocycles. The van der Waals surface area contributed by atoms with E-state index in [2.05, 4.69) is 10.3 Å². The standard InChI is InChI=1S/C16H15N3O4/c1-10-7-15(19(22)23)8-12(16(10)21)9-17-13-3-5-14(6-4-13)18-11(2)20/h3-9,21H,1-2H3,(H,18,20). The molecule has 0 atom stereocenters. The molecule has 118 valence electrons. The highest BCUT2D eigenvalue weighted by atomic mass is 16.6. The van der Waals surface area contributed by atoms with Gasteiger partial charge in [0.25, 0.3) is 5.69 Å². The normalized spacial score (nSPS) is 10.7. The number of amides is 1. The average Bonchev–Trinajstić information content (AvgIpc) is 2.49. The first-order chi connectivity index (χ1) is 10.9. The van der Waals surface area contributed by atoms with E-state index in [-0.39, 0.29) is 22.9 Å². The average molecular weight is 313 g/mol. The fourth-order valence-electron chi connectivity index (χ4n) is 1.97. The third-order valence-electron chi connectivity index (χ3n) is 3.07. The highest BCUT2D eigenvalue weighted by Gasteiger charge is 2.12. The van der Waals surface area contributed by atoms with Crippen molar-refractivity contribution in [1.82, 2.24) is 0 Å². The lowest BCUT2D eigenvalue weighted by atomic mass is 10.1. The predicted octanol–water partition coefficient (Wildman–Crippen LogP) is 3.32. The summed E-state index contributed by atoms with van der Waals surface area (Å²) < 4.78 is 0. The van der Waals surface area contributed by atoms with Crippen molar-refractivity contribution in [3.8, 4) is 5.75 Å². The monoisotopic (exact) mass is 313 g/mol. The predicted molar refractivity (Wildman–Crippen MR) is 87.5 cm³/mol. The number of non-ortho nitro benzene ring substituents is 1. The van der Waals surface area contributed by atoms with Crippen LogP contribution in [-0.4, -0.2) is 22.2 Å². The van der Waals surface area contributed by atoms with Crippen LogP contribution in [0.25, 0.3) is 0 Å². The van der Waals surface area contributed by atoms with Crippen molar-refractivity contribution in [2.45, 2.75) is 13.8 Å². The molecule has 0 aromatic heterocycles. The summed E-state index contributed by atoms with van der Waals surface area (Å²) in [7, 11) is 0. The van der Waals surface area contributed by atoms with Crippen LogP contribution in [0.5, 0.6) is 5.75 Å². The van der Waals surface area contributed by atoms with Gasteiger partial charge >= 0.3 is 0 Å². The molecule has 2 aromatic rings. The molecule has 2 rings (SSSR count). The zero-order valence-corrected chi connectivity index (χ0v) is 12.6. The van der Waals surface area contributed by atoms with Crippen molar-refractivity contribution in [3.05, 3.63) is 57.6 Å². The number of phenolic OH excluding ortho intramolecular Hbond substituents is 1. The molecule has 1 amide bonds. The number of aromatic hydroxyl groups is 1. The van der Waals surface area contributed by atoms with Crippen LogP contribution in [0.3, 0.4) is 0 Å². The van der Waals surface area contributed by atoms with Gasteiger partial charge in [-0.2, -0.15) is 0 Å². The lowest BCUT2D eigenvalue weighted by molar-refractivity contribution is -0.384. The third kappa shape index (κ3) is 4.13. The second-order valence-electron chi connectivity index (χ2n) is 4.94. The number of anilines is 1. The smallest absolute Gasteiger partial charge is 0.270 e. The largest absolute Gasteiger partial charge is 0.507 e. The number of phenols is 1. The maximum absolute atomic E-state index is 10.9. The number of nitrogens with one attached hydrogen (secondary N) is 1. The first-order valence-corrected chi connectivity index (χ1v) is 6.76. The van der Waals surface area contributed by atoms with E-state index in [1.54, 1.807) is 31.2 Å². The summed E-state index contributed by atoms with van der Waals surface area (Å²) in [5.74, 6) is -0.215. The van der Waals surface area contributed by atoms with Crippen LogP contribution >= 0.6 is 0 Å². The molecule has 7 nitrogen and oxygen atoms in total. The van der Waals surface area contributed by atoms with Crippen LogP contribution in [0, 0.1) is 17.0 Å². The van der Waals surface area contributed by atoms with E-state index in [0.29, 0.717) is 16.9 Å². The Morgan fingerprint density at radius 1 is 1.30 bits per heavy atom. The Hall–Kier alpha value is -3.22. The van der Waals surface area contributed by atoms with Crippen molar-refractivity contribution < 1.29 is 14.8 Å². The lowest BCUT2D eigenvalue weighted by Crippen LogP contribution is -2.04. The number of nitro benzene ring substituents is 1. The molecule has 0 radical (unpaired) electrons. The molecule has 0 saturated carbocycles. The van der Waals surface area contributed by atoms with Crippen molar-refractivity contribution in [2.75, 3.05) is 5.32 Å². The Bertz CT molecular complexity index is 783. The first kappa shape index (κ1) is 16.2. The van der Waals surface area contributed by atoms with Crippen LogP contribution in [-0.2, 0) is 4.79 Å². The van der Waals surface area contributed by atoms with E-state index < -0.39 is 4.92 Å². The number of aryl methyl sites for hydroxylation is 1. The van der Waals surface area contributed by atoms with E-state index in [9.17, 15) is 20.0 Å². The highest BCUT2D eigenvalue weighted by molar-refractivity contribution is 5.89. The number of hydrogen-bond acceptors (Lipinski definition) is 5. The number of nitro groups is 1. The van der Waals surface area contributed by atoms with Crippen LogP contribution in [0.2, 0.25) is 0 Å². The van der Waals surface area contributed by atoms with Gasteiger partial charge in [0.2, 0.25) is 5.91 Å². The Balaban J connectivity index is 2.26. The molecule has 2 aromatic carbocycles. The van der Waals surface area contributed by atoms with Crippen molar-refractivity contribution in [2.24, 2.45) is 4.99 Å². The molecule has 7 heteroatoms. The van der Waals surface area contributed by atoms with Gasteiger partial charge in [-0.25, -0.2) is 0 Å². The first-order valence-electron chi connectivity index (χ1n) is 6.76. The number of nitrogens with zero attached hydrogens (tertiary/aromatic N) is 2. The van der Waals surface area contributed by atoms with Crippen LogP contribution in [0.4, 0.5) is 17.1 Å². The summed E-state index contributed by atoms with van der Waals surface area (Å²) in [5.41, 5.74) is 1.79. The van der Waals surface area contributed by atoms with Gasteiger partial charge in [0, 0.05) is 36.5 Å². The summed E-state index contributed by atoms with van der Waals surface area (Å²) in [6.07, 6.45) is 1.36. The molecule has 0 spiro atoms. The van der Waals surface area contributed by atoms with E-state index in [0.717, 1.165) is 0 Å². The zero-order valence-electron chi connectivity index (χ0n) is 12.6. The molecule has 0 fully saturated rings. The summed E-state index contributed by atoms with van der Waals surface area (Å²) in [4.78, 5) is 25.5. The van der Waals surface area contributed by atoms with Crippen LogP contribution in [0.1, 0.15) is 18.1 Å². The van der Waals surface area contributed by atoms with Gasteiger partial charge in [-0.15, -0.1) is 0 Å².